The number of pyridine rings is 1. The number of carbonyl (C=O) groups is 2. The Bertz CT molecular complexity index is 1070. The SMILES string of the molecule is CCN(O)C[C@@H](CNc1cccc(NC(=O)CN2CC(C)OC(C)C2)n1)S[C@@H]1C[C@@]1(C#N)C(=O)NCC(F)(F)F. The molecule has 15 heteroatoms. The van der Waals surface area contributed by atoms with Gasteiger partial charge in [0.25, 0.3) is 0 Å². The number of anilines is 2. The summed E-state index contributed by atoms with van der Waals surface area (Å²) in [5.41, 5.74) is -1.54. The monoisotopic (exact) mass is 587 g/mol. The molecule has 4 N–H and O–H groups in total. The number of halogens is 3. The topological polar surface area (TPSA) is 143 Å². The second kappa shape index (κ2) is 13.8. The Balaban J connectivity index is 1.56. The molecule has 2 heterocycles. The van der Waals surface area contributed by atoms with E-state index in [0.29, 0.717) is 31.3 Å². The van der Waals surface area contributed by atoms with E-state index < -0.39 is 29.3 Å². The Hall–Kier alpha value is -2.64. The van der Waals surface area contributed by atoms with Crippen LogP contribution in [-0.4, -0.2) is 107 Å². The molecule has 3 rings (SSSR count). The van der Waals surface area contributed by atoms with Crippen LogP contribution in [0.1, 0.15) is 27.2 Å². The predicted octanol–water partition coefficient (Wildman–Crippen LogP) is 2.31. The van der Waals surface area contributed by atoms with Gasteiger partial charge < -0.3 is 25.9 Å². The van der Waals surface area contributed by atoms with Crippen molar-refractivity contribution in [1.29, 1.82) is 5.26 Å². The van der Waals surface area contributed by atoms with Crippen LogP contribution < -0.4 is 16.0 Å². The number of aromatic nitrogens is 1. The molecule has 5 atom stereocenters. The van der Waals surface area contributed by atoms with Crippen LogP contribution in [0.4, 0.5) is 24.8 Å². The van der Waals surface area contributed by atoms with Gasteiger partial charge in [-0.25, -0.2) is 4.98 Å². The molecule has 1 aliphatic heterocycles. The number of nitriles is 1. The van der Waals surface area contributed by atoms with Crippen LogP contribution >= 0.6 is 11.8 Å². The summed E-state index contributed by atoms with van der Waals surface area (Å²) in [4.78, 5) is 31.4. The summed E-state index contributed by atoms with van der Waals surface area (Å²) in [6.07, 6.45) is -4.38. The summed E-state index contributed by atoms with van der Waals surface area (Å²) in [6, 6.07) is 6.98. The average Bonchev–Trinajstić information content (AvgIpc) is 3.58. The number of hydrogen-bond acceptors (Lipinski definition) is 10. The Morgan fingerprint density at radius 2 is 2.00 bits per heavy atom. The summed E-state index contributed by atoms with van der Waals surface area (Å²) in [7, 11) is 0. The third-order valence-corrected chi connectivity index (χ3v) is 8.08. The molecule has 40 heavy (non-hydrogen) atoms. The number of carbonyl (C=O) groups excluding carboxylic acids is 2. The molecular formula is C25H36F3N7O4S. The Labute approximate surface area is 235 Å². The number of rotatable bonds is 13. The van der Waals surface area contributed by atoms with Gasteiger partial charge in [0.05, 0.1) is 24.8 Å². The summed E-state index contributed by atoms with van der Waals surface area (Å²) in [5.74, 6) is -0.330. The predicted molar refractivity (Wildman–Crippen MR) is 144 cm³/mol. The smallest absolute Gasteiger partial charge is 0.373 e. The number of ether oxygens (including phenoxy) is 1. The van der Waals surface area contributed by atoms with Crippen molar-refractivity contribution in [1.82, 2.24) is 20.3 Å². The lowest BCUT2D eigenvalue weighted by Gasteiger charge is -2.34. The molecule has 0 bridgehead atoms. The van der Waals surface area contributed by atoms with Crippen molar-refractivity contribution in [2.75, 3.05) is 56.4 Å². The maximum absolute atomic E-state index is 12.6. The van der Waals surface area contributed by atoms with E-state index in [1.165, 1.54) is 11.8 Å². The van der Waals surface area contributed by atoms with Gasteiger partial charge in [-0.05, 0) is 32.4 Å². The van der Waals surface area contributed by atoms with Crippen molar-refractivity contribution >= 4 is 35.2 Å². The van der Waals surface area contributed by atoms with E-state index in [1.54, 1.807) is 25.1 Å². The van der Waals surface area contributed by atoms with E-state index in [4.69, 9.17) is 4.74 Å². The zero-order chi connectivity index (χ0) is 29.5. The molecule has 1 saturated carbocycles. The van der Waals surface area contributed by atoms with E-state index >= 15 is 0 Å². The van der Waals surface area contributed by atoms with E-state index in [2.05, 4.69) is 15.6 Å². The lowest BCUT2D eigenvalue weighted by atomic mass is 10.1. The normalized spacial score (nSPS) is 25.6. The highest BCUT2D eigenvalue weighted by atomic mass is 32.2. The molecule has 2 unspecified atom stereocenters. The molecule has 222 valence electrons. The number of nitrogens with one attached hydrogen (secondary N) is 3. The Morgan fingerprint density at radius 3 is 2.62 bits per heavy atom. The largest absolute Gasteiger partial charge is 0.405 e. The van der Waals surface area contributed by atoms with Crippen LogP contribution in [-0.2, 0) is 14.3 Å². The average molecular weight is 588 g/mol. The van der Waals surface area contributed by atoms with Crippen molar-refractivity contribution in [3.63, 3.8) is 0 Å². The lowest BCUT2D eigenvalue weighted by Crippen LogP contribution is -2.48. The minimum Gasteiger partial charge on any atom is -0.373 e. The van der Waals surface area contributed by atoms with E-state index in [0.717, 1.165) is 5.06 Å². The molecule has 1 aliphatic carbocycles. The van der Waals surface area contributed by atoms with Crippen molar-refractivity contribution in [3.05, 3.63) is 18.2 Å². The first kappa shape index (κ1) is 31.9. The highest BCUT2D eigenvalue weighted by Gasteiger charge is 2.62. The van der Waals surface area contributed by atoms with Crippen molar-refractivity contribution < 1.29 is 32.7 Å². The first-order chi connectivity index (χ1) is 18.8. The number of hydrogen-bond donors (Lipinski definition) is 4. The minimum atomic E-state index is -4.57. The Morgan fingerprint density at radius 1 is 1.32 bits per heavy atom. The Kier molecular flexibility index (Phi) is 11.0. The quantitative estimate of drug-likeness (QED) is 0.254. The highest BCUT2D eigenvalue weighted by molar-refractivity contribution is 8.01. The zero-order valence-corrected chi connectivity index (χ0v) is 23.5. The fourth-order valence-corrected chi connectivity index (χ4v) is 6.17. The van der Waals surface area contributed by atoms with Gasteiger partial charge in [-0.2, -0.15) is 23.5 Å². The molecule has 1 aromatic heterocycles. The molecule has 2 amide bonds. The molecule has 0 radical (unpaired) electrons. The summed E-state index contributed by atoms with van der Waals surface area (Å²) >= 11 is 1.26. The summed E-state index contributed by atoms with van der Waals surface area (Å²) in [5, 5.41) is 27.7. The maximum Gasteiger partial charge on any atom is 0.405 e. The number of amides is 2. The number of hydroxylamine groups is 2. The van der Waals surface area contributed by atoms with Crippen LogP contribution in [0.15, 0.2) is 18.2 Å². The number of nitrogens with zero attached hydrogens (tertiary/aromatic N) is 4. The third kappa shape index (κ3) is 9.48. The number of morpholine rings is 1. The van der Waals surface area contributed by atoms with Gasteiger partial charge in [0.1, 0.15) is 23.6 Å². The number of thioether (sulfide) groups is 1. The molecule has 1 aromatic rings. The van der Waals surface area contributed by atoms with Crippen LogP contribution in [0.2, 0.25) is 0 Å². The molecule has 11 nitrogen and oxygen atoms in total. The fraction of sp³-hybridized carbons (Fsp3) is 0.680. The highest BCUT2D eigenvalue weighted by Crippen LogP contribution is 2.55. The molecule has 0 spiro atoms. The van der Waals surface area contributed by atoms with E-state index in [1.807, 2.05) is 30.1 Å². The molecule has 0 aromatic carbocycles. The fourth-order valence-electron chi connectivity index (χ4n) is 4.52. The van der Waals surface area contributed by atoms with Crippen LogP contribution in [0, 0.1) is 16.7 Å². The van der Waals surface area contributed by atoms with E-state index in [9.17, 15) is 33.2 Å². The molecule has 2 aliphatic rings. The van der Waals surface area contributed by atoms with Crippen molar-refractivity contribution in [2.45, 2.75) is 56.1 Å². The minimum absolute atomic E-state index is 0.0406. The second-order valence-corrected chi connectivity index (χ2v) is 11.6. The van der Waals surface area contributed by atoms with Gasteiger partial charge in [0, 0.05) is 43.2 Å². The lowest BCUT2D eigenvalue weighted by molar-refractivity contribution is -0.140. The molecule has 2 fully saturated rings. The first-order valence-corrected chi connectivity index (χ1v) is 14.0. The van der Waals surface area contributed by atoms with Gasteiger partial charge in [0.2, 0.25) is 11.8 Å². The van der Waals surface area contributed by atoms with Crippen LogP contribution in [0.25, 0.3) is 0 Å². The number of alkyl halides is 3. The van der Waals surface area contributed by atoms with E-state index in [-0.39, 0.29) is 49.4 Å². The standard InChI is InChI=1S/C25H36F3N7O4S/c1-4-35(38)12-18(40-19-8-24(19,14-29)23(37)31-15-25(26,27)28)9-30-20-6-5-7-21(32-20)33-22(36)13-34-10-16(2)39-17(3)11-34/h5-7,16-19,38H,4,8-13,15H2,1-3H3,(H,31,37)(H2,30,32,33,36)/t16?,17?,18-,19-,24+/m1/s1. The van der Waals surface area contributed by atoms with Gasteiger partial charge in [-0.15, -0.1) is 11.8 Å². The van der Waals surface area contributed by atoms with Crippen molar-refractivity contribution in [3.8, 4) is 6.07 Å². The summed E-state index contributed by atoms with van der Waals surface area (Å²) in [6.45, 7) is 6.49. The van der Waals surface area contributed by atoms with Gasteiger partial charge >= 0.3 is 6.18 Å². The second-order valence-electron chi connectivity index (χ2n) is 10.1. The molecule has 1 saturated heterocycles. The maximum atomic E-state index is 12.6. The zero-order valence-electron chi connectivity index (χ0n) is 22.7. The van der Waals surface area contributed by atoms with Gasteiger partial charge in [-0.3, -0.25) is 14.5 Å². The van der Waals surface area contributed by atoms with Crippen LogP contribution in [0.5, 0.6) is 0 Å². The van der Waals surface area contributed by atoms with Gasteiger partial charge in [-0.1, -0.05) is 13.0 Å². The summed E-state index contributed by atoms with van der Waals surface area (Å²) < 4.78 is 43.3. The first-order valence-electron chi connectivity index (χ1n) is 13.1. The van der Waals surface area contributed by atoms with Crippen LogP contribution in [0.3, 0.4) is 0 Å². The van der Waals surface area contributed by atoms with Crippen molar-refractivity contribution in [2.24, 2.45) is 5.41 Å². The molecular weight excluding hydrogens is 551 g/mol. The third-order valence-electron chi connectivity index (χ3n) is 6.48. The van der Waals surface area contributed by atoms with Gasteiger partial charge in [0.15, 0.2) is 0 Å².